The molecular weight excluding hydrogens is 351 g/mol. The number of aryl methyl sites for hydroxylation is 1. The number of nitrogens with one attached hydrogen (secondary N) is 1. The number of halogens is 2. The normalized spacial score (nSPS) is 12.2. The van der Waals surface area contributed by atoms with Crippen molar-refractivity contribution in [2.24, 2.45) is 0 Å². The van der Waals surface area contributed by atoms with E-state index in [2.05, 4.69) is 22.4 Å². The van der Waals surface area contributed by atoms with Crippen LogP contribution in [0.3, 0.4) is 0 Å². The molecule has 1 atom stereocenters. The van der Waals surface area contributed by atoms with Crippen molar-refractivity contribution >= 4 is 35.0 Å². The van der Waals surface area contributed by atoms with Crippen LogP contribution in [0.15, 0.2) is 29.7 Å². The molecule has 2 rings (SSSR count). The van der Waals surface area contributed by atoms with Gasteiger partial charge in [0.1, 0.15) is 12.1 Å². The van der Waals surface area contributed by atoms with Gasteiger partial charge in [-0.2, -0.15) is 0 Å². The second-order valence-corrected chi connectivity index (χ2v) is 7.11. The summed E-state index contributed by atoms with van der Waals surface area (Å²) >= 11 is 7.06. The van der Waals surface area contributed by atoms with Crippen LogP contribution in [0, 0.1) is 5.82 Å². The number of hydrogen-bond donors (Lipinski definition) is 1. The molecule has 5 nitrogen and oxygen atoms in total. The molecule has 0 aliphatic rings. The Hall–Kier alpha value is -1.60. The summed E-state index contributed by atoms with van der Waals surface area (Å²) in [7, 11) is 0. The molecule has 0 saturated carbocycles. The predicted octanol–water partition coefficient (Wildman–Crippen LogP) is 4.38. The van der Waals surface area contributed by atoms with Gasteiger partial charge in [0.2, 0.25) is 5.91 Å². The lowest BCUT2D eigenvalue weighted by atomic mass is 10.2. The van der Waals surface area contributed by atoms with E-state index in [-0.39, 0.29) is 16.2 Å². The molecule has 1 aromatic heterocycles. The Bertz CT molecular complexity index is 694. The van der Waals surface area contributed by atoms with E-state index in [0.717, 1.165) is 25.8 Å². The Labute approximate surface area is 150 Å². The van der Waals surface area contributed by atoms with Crippen LogP contribution in [0.5, 0.6) is 0 Å². The highest BCUT2D eigenvalue weighted by Crippen LogP contribution is 2.24. The summed E-state index contributed by atoms with van der Waals surface area (Å²) in [6.45, 7) is 4.78. The highest BCUT2D eigenvalue weighted by molar-refractivity contribution is 8.00. The number of anilines is 1. The van der Waals surface area contributed by atoms with Gasteiger partial charge in [0.15, 0.2) is 5.16 Å². The van der Waals surface area contributed by atoms with Crippen molar-refractivity contribution in [1.29, 1.82) is 0 Å². The Morgan fingerprint density at radius 3 is 2.96 bits per heavy atom. The molecule has 8 heteroatoms. The number of amides is 1. The van der Waals surface area contributed by atoms with Gasteiger partial charge in [-0.15, -0.1) is 10.2 Å². The van der Waals surface area contributed by atoms with Crippen molar-refractivity contribution in [3.63, 3.8) is 0 Å². The van der Waals surface area contributed by atoms with Gasteiger partial charge in [0.25, 0.3) is 0 Å². The third-order valence-corrected chi connectivity index (χ3v) is 4.81. The van der Waals surface area contributed by atoms with Gasteiger partial charge in [-0.25, -0.2) is 4.39 Å². The van der Waals surface area contributed by atoms with E-state index in [1.54, 1.807) is 13.3 Å². The molecule has 0 saturated heterocycles. The molecule has 2 aromatic rings. The van der Waals surface area contributed by atoms with E-state index in [9.17, 15) is 9.18 Å². The van der Waals surface area contributed by atoms with Crippen LogP contribution in [0.25, 0.3) is 0 Å². The monoisotopic (exact) mass is 370 g/mol. The van der Waals surface area contributed by atoms with E-state index in [1.807, 2.05) is 4.57 Å². The molecule has 1 aromatic carbocycles. The summed E-state index contributed by atoms with van der Waals surface area (Å²) in [5.74, 6) is -0.719. The first-order valence-electron chi connectivity index (χ1n) is 7.81. The first-order valence-corrected chi connectivity index (χ1v) is 9.07. The summed E-state index contributed by atoms with van der Waals surface area (Å²) in [6.07, 6.45) is 5.02. The maximum Gasteiger partial charge on any atom is 0.237 e. The number of nitrogens with zero attached hydrogens (tertiary/aromatic N) is 3. The van der Waals surface area contributed by atoms with Gasteiger partial charge >= 0.3 is 0 Å². The fourth-order valence-electron chi connectivity index (χ4n) is 2.05. The van der Waals surface area contributed by atoms with E-state index in [0.29, 0.717) is 10.8 Å². The molecule has 0 aliphatic carbocycles. The van der Waals surface area contributed by atoms with Gasteiger partial charge in [0.05, 0.1) is 10.3 Å². The van der Waals surface area contributed by atoms with Crippen molar-refractivity contribution in [2.75, 3.05) is 5.32 Å². The second-order valence-electron chi connectivity index (χ2n) is 5.39. The lowest BCUT2D eigenvalue weighted by Crippen LogP contribution is -2.23. The van der Waals surface area contributed by atoms with Gasteiger partial charge in [-0.1, -0.05) is 43.1 Å². The van der Waals surface area contributed by atoms with E-state index >= 15 is 0 Å². The van der Waals surface area contributed by atoms with Crippen LogP contribution in [-0.2, 0) is 11.3 Å². The summed E-state index contributed by atoms with van der Waals surface area (Å²) in [4.78, 5) is 12.3. The topological polar surface area (TPSA) is 59.8 Å². The van der Waals surface area contributed by atoms with Crippen LogP contribution in [0.4, 0.5) is 10.1 Å². The lowest BCUT2D eigenvalue weighted by molar-refractivity contribution is -0.115. The largest absolute Gasteiger partial charge is 0.325 e. The first-order chi connectivity index (χ1) is 11.5. The van der Waals surface area contributed by atoms with Crippen LogP contribution in [-0.4, -0.2) is 25.9 Å². The van der Waals surface area contributed by atoms with E-state index in [1.165, 1.54) is 30.0 Å². The number of thioether (sulfide) groups is 1. The average Bonchev–Trinajstić information content (AvgIpc) is 2.98. The standard InChI is InChI=1S/C16H20ClFN4OS/c1-3-4-5-8-22-10-19-21-16(22)24-11(2)15(23)20-12-6-7-14(18)13(17)9-12/h6-7,9-11H,3-5,8H2,1-2H3,(H,20,23)/t11-/m1/s1. The number of hydrogen-bond acceptors (Lipinski definition) is 4. The summed E-state index contributed by atoms with van der Waals surface area (Å²) in [5, 5.41) is 11.0. The molecule has 24 heavy (non-hydrogen) atoms. The SMILES string of the molecule is CCCCCn1cnnc1S[C@H](C)C(=O)Nc1ccc(F)c(Cl)c1. The zero-order valence-electron chi connectivity index (χ0n) is 13.6. The zero-order valence-corrected chi connectivity index (χ0v) is 15.2. The number of carbonyl (C=O) groups excluding carboxylic acids is 1. The maximum absolute atomic E-state index is 13.2. The molecule has 1 amide bonds. The Kier molecular flexibility index (Phi) is 7.05. The minimum atomic E-state index is -0.516. The highest BCUT2D eigenvalue weighted by atomic mass is 35.5. The minimum Gasteiger partial charge on any atom is -0.325 e. The van der Waals surface area contributed by atoms with E-state index < -0.39 is 5.82 Å². The number of benzene rings is 1. The number of rotatable bonds is 8. The fourth-order valence-corrected chi connectivity index (χ4v) is 3.08. The van der Waals surface area contributed by atoms with Gasteiger partial charge in [-0.3, -0.25) is 4.79 Å². The Morgan fingerprint density at radius 2 is 2.25 bits per heavy atom. The number of unbranched alkanes of at least 4 members (excludes halogenated alkanes) is 2. The molecule has 0 radical (unpaired) electrons. The predicted molar refractivity (Wildman–Crippen MR) is 94.9 cm³/mol. The van der Waals surface area contributed by atoms with Crippen LogP contribution in [0.1, 0.15) is 33.1 Å². The van der Waals surface area contributed by atoms with Gasteiger partial charge in [0, 0.05) is 12.2 Å². The zero-order chi connectivity index (χ0) is 17.5. The molecule has 1 heterocycles. The van der Waals surface area contributed by atoms with Crippen LogP contribution < -0.4 is 5.32 Å². The molecule has 0 unspecified atom stereocenters. The molecule has 1 N–H and O–H groups in total. The molecule has 0 aliphatic heterocycles. The third kappa shape index (κ3) is 5.21. The van der Waals surface area contributed by atoms with Crippen molar-refractivity contribution in [3.8, 4) is 0 Å². The number of carbonyl (C=O) groups is 1. The lowest BCUT2D eigenvalue weighted by Gasteiger charge is -2.12. The van der Waals surface area contributed by atoms with Crippen LogP contribution in [0.2, 0.25) is 5.02 Å². The van der Waals surface area contributed by atoms with E-state index in [4.69, 9.17) is 11.6 Å². The molecule has 0 fully saturated rings. The molecule has 130 valence electrons. The summed E-state index contributed by atoms with van der Waals surface area (Å²) in [5.41, 5.74) is 0.461. The maximum atomic E-state index is 13.2. The smallest absolute Gasteiger partial charge is 0.237 e. The van der Waals surface area contributed by atoms with Crippen molar-refractivity contribution < 1.29 is 9.18 Å². The fraction of sp³-hybridized carbons (Fsp3) is 0.438. The Morgan fingerprint density at radius 1 is 1.46 bits per heavy atom. The van der Waals surface area contributed by atoms with Gasteiger partial charge < -0.3 is 9.88 Å². The quantitative estimate of drug-likeness (QED) is 0.553. The first kappa shape index (κ1) is 18.7. The van der Waals surface area contributed by atoms with Crippen molar-refractivity contribution in [3.05, 3.63) is 35.4 Å². The van der Waals surface area contributed by atoms with Crippen molar-refractivity contribution in [1.82, 2.24) is 14.8 Å². The highest BCUT2D eigenvalue weighted by Gasteiger charge is 2.18. The molecular formula is C16H20ClFN4OS. The number of aromatic nitrogens is 3. The van der Waals surface area contributed by atoms with Crippen molar-refractivity contribution in [2.45, 2.75) is 50.1 Å². The third-order valence-electron chi connectivity index (χ3n) is 3.42. The van der Waals surface area contributed by atoms with Gasteiger partial charge in [-0.05, 0) is 31.5 Å². The Balaban J connectivity index is 1.94. The summed E-state index contributed by atoms with van der Waals surface area (Å²) < 4.78 is 15.1. The average molecular weight is 371 g/mol. The molecule has 0 bridgehead atoms. The van der Waals surface area contributed by atoms with Crippen LogP contribution >= 0.6 is 23.4 Å². The molecule has 0 spiro atoms. The second kappa shape index (κ2) is 9.03. The summed E-state index contributed by atoms with van der Waals surface area (Å²) in [6, 6.07) is 4.09. The minimum absolute atomic E-state index is 0.0243.